The summed E-state index contributed by atoms with van der Waals surface area (Å²) in [5.41, 5.74) is 2.41. The normalized spacial score (nSPS) is 15.5. The smallest absolute Gasteiger partial charge is 0.273 e. The van der Waals surface area contributed by atoms with Crippen molar-refractivity contribution in [3.05, 3.63) is 71.4 Å². The Labute approximate surface area is 133 Å². The van der Waals surface area contributed by atoms with Crippen LogP contribution in [0, 0.1) is 0 Å². The molecule has 0 spiro atoms. The summed E-state index contributed by atoms with van der Waals surface area (Å²) >= 11 is 4.90. The Hall–Kier alpha value is -2.66. The lowest BCUT2D eigenvalue weighted by Crippen LogP contribution is -2.21. The van der Waals surface area contributed by atoms with Gasteiger partial charge in [-0.05, 0) is 41.6 Å². The summed E-state index contributed by atoms with van der Waals surface area (Å²) < 4.78 is 5.77. The van der Waals surface area contributed by atoms with Gasteiger partial charge in [0.15, 0.2) is 5.11 Å². The lowest BCUT2D eigenvalue weighted by atomic mass is 10.2. The monoisotopic (exact) mass is 310 g/mol. The number of ether oxygens (including phenoxy) is 1. The molecule has 3 rings (SSSR count). The molecule has 1 aliphatic rings. The van der Waals surface area contributed by atoms with Crippen molar-refractivity contribution >= 4 is 29.3 Å². The molecule has 2 aromatic rings. The summed E-state index contributed by atoms with van der Waals surface area (Å²) in [6.45, 7) is 0.504. The predicted molar refractivity (Wildman–Crippen MR) is 89.1 cm³/mol. The van der Waals surface area contributed by atoms with Crippen LogP contribution in [0.4, 0.5) is 0 Å². The highest BCUT2D eigenvalue weighted by Crippen LogP contribution is 2.17. The van der Waals surface area contributed by atoms with E-state index in [1.165, 1.54) is 0 Å². The van der Waals surface area contributed by atoms with Crippen LogP contribution in [0.1, 0.15) is 11.1 Å². The summed E-state index contributed by atoms with van der Waals surface area (Å²) in [7, 11) is 0. The number of carbonyl (C=O) groups is 1. The number of nitrogens with one attached hydrogen (secondary N) is 2. The molecule has 110 valence electrons. The second-order valence-electron chi connectivity index (χ2n) is 4.81. The molecule has 1 heterocycles. The van der Waals surface area contributed by atoms with Crippen LogP contribution < -0.4 is 15.4 Å². The van der Waals surface area contributed by atoms with Crippen LogP contribution in [0.3, 0.4) is 0 Å². The second-order valence-corrected chi connectivity index (χ2v) is 5.22. The zero-order valence-electron chi connectivity index (χ0n) is 11.7. The molecular weight excluding hydrogens is 296 g/mol. The van der Waals surface area contributed by atoms with Crippen molar-refractivity contribution < 1.29 is 9.53 Å². The lowest BCUT2D eigenvalue weighted by molar-refractivity contribution is -0.115. The number of carbonyl (C=O) groups excluding carboxylic acids is 1. The average Bonchev–Trinajstić information content (AvgIpc) is 2.84. The Bertz CT molecular complexity index is 741. The zero-order valence-corrected chi connectivity index (χ0v) is 12.5. The van der Waals surface area contributed by atoms with E-state index in [-0.39, 0.29) is 5.91 Å². The number of hydrogen-bond acceptors (Lipinski definition) is 3. The maximum absolute atomic E-state index is 11.6. The van der Waals surface area contributed by atoms with E-state index in [1.807, 2.05) is 54.6 Å². The van der Waals surface area contributed by atoms with Gasteiger partial charge in [-0.1, -0.05) is 42.5 Å². The maximum atomic E-state index is 11.6. The third kappa shape index (κ3) is 3.51. The molecule has 0 atom stereocenters. The third-order valence-electron chi connectivity index (χ3n) is 3.14. The van der Waals surface area contributed by atoms with Gasteiger partial charge >= 0.3 is 0 Å². The van der Waals surface area contributed by atoms with Gasteiger partial charge in [-0.15, -0.1) is 0 Å². The minimum Gasteiger partial charge on any atom is -0.489 e. The van der Waals surface area contributed by atoms with Gasteiger partial charge in [0.25, 0.3) is 5.91 Å². The van der Waals surface area contributed by atoms with E-state index >= 15 is 0 Å². The number of benzene rings is 2. The fourth-order valence-electron chi connectivity index (χ4n) is 2.08. The van der Waals surface area contributed by atoms with Gasteiger partial charge in [-0.25, -0.2) is 0 Å². The van der Waals surface area contributed by atoms with Crippen molar-refractivity contribution in [3.8, 4) is 5.75 Å². The molecule has 2 N–H and O–H groups in total. The predicted octanol–water partition coefficient (Wildman–Crippen LogP) is 2.61. The fourth-order valence-corrected chi connectivity index (χ4v) is 2.29. The first-order chi connectivity index (χ1) is 10.7. The summed E-state index contributed by atoms with van der Waals surface area (Å²) in [5.74, 6) is 0.528. The Morgan fingerprint density at radius 3 is 2.59 bits per heavy atom. The number of amides is 1. The molecule has 0 radical (unpaired) electrons. The van der Waals surface area contributed by atoms with Gasteiger partial charge in [0.1, 0.15) is 18.1 Å². The minimum absolute atomic E-state index is 0.222. The molecule has 22 heavy (non-hydrogen) atoms. The summed E-state index contributed by atoms with van der Waals surface area (Å²) in [4.78, 5) is 11.6. The average molecular weight is 310 g/mol. The van der Waals surface area contributed by atoms with E-state index in [0.717, 1.165) is 16.9 Å². The van der Waals surface area contributed by atoms with Crippen molar-refractivity contribution in [1.29, 1.82) is 0 Å². The quantitative estimate of drug-likeness (QED) is 0.673. The molecule has 0 aromatic heterocycles. The number of thiocarbonyl (C=S) groups is 1. The van der Waals surface area contributed by atoms with E-state index in [9.17, 15) is 4.79 Å². The first-order valence-electron chi connectivity index (χ1n) is 6.81. The summed E-state index contributed by atoms with van der Waals surface area (Å²) in [6.07, 6.45) is 1.74. The second kappa shape index (κ2) is 6.41. The molecule has 1 amide bonds. The van der Waals surface area contributed by atoms with Crippen molar-refractivity contribution in [2.45, 2.75) is 6.61 Å². The number of hydrogen-bond donors (Lipinski definition) is 2. The van der Waals surface area contributed by atoms with Gasteiger partial charge in [-0.3, -0.25) is 10.1 Å². The molecule has 1 saturated heterocycles. The zero-order chi connectivity index (χ0) is 15.4. The van der Waals surface area contributed by atoms with Crippen molar-refractivity contribution in [3.63, 3.8) is 0 Å². The van der Waals surface area contributed by atoms with Crippen LogP contribution >= 0.6 is 12.2 Å². The van der Waals surface area contributed by atoms with Crippen LogP contribution in [0.25, 0.3) is 6.08 Å². The molecule has 5 heteroatoms. The molecule has 0 aliphatic carbocycles. The number of rotatable bonds is 4. The van der Waals surface area contributed by atoms with Gasteiger partial charge in [-0.2, -0.15) is 0 Å². The van der Waals surface area contributed by atoms with E-state index < -0.39 is 0 Å². The molecule has 4 nitrogen and oxygen atoms in total. The molecule has 1 fully saturated rings. The molecule has 2 aromatic carbocycles. The van der Waals surface area contributed by atoms with Crippen molar-refractivity contribution in [1.82, 2.24) is 10.6 Å². The highest BCUT2D eigenvalue weighted by atomic mass is 32.1. The van der Waals surface area contributed by atoms with Crippen LogP contribution in [-0.4, -0.2) is 11.0 Å². The van der Waals surface area contributed by atoms with Gasteiger partial charge in [0.05, 0.1) is 0 Å². The Morgan fingerprint density at radius 1 is 1.05 bits per heavy atom. The van der Waals surface area contributed by atoms with Crippen LogP contribution in [0.5, 0.6) is 5.75 Å². The minimum atomic E-state index is -0.222. The first kappa shape index (κ1) is 14.3. The maximum Gasteiger partial charge on any atom is 0.273 e. The molecule has 0 saturated carbocycles. The first-order valence-corrected chi connectivity index (χ1v) is 7.22. The van der Waals surface area contributed by atoms with Crippen LogP contribution in [-0.2, 0) is 11.4 Å². The van der Waals surface area contributed by atoms with Crippen LogP contribution in [0.2, 0.25) is 0 Å². The Morgan fingerprint density at radius 2 is 1.86 bits per heavy atom. The largest absolute Gasteiger partial charge is 0.489 e. The summed E-state index contributed by atoms with van der Waals surface area (Å²) in [6, 6.07) is 17.5. The van der Waals surface area contributed by atoms with E-state index in [2.05, 4.69) is 10.6 Å². The van der Waals surface area contributed by atoms with Crippen molar-refractivity contribution in [2.24, 2.45) is 0 Å². The molecule has 0 unspecified atom stereocenters. The standard InChI is InChI=1S/C17H14N2O2S/c20-16-15(18-17(22)19-16)10-13-7-4-8-14(9-13)21-11-12-5-2-1-3-6-12/h1-10H,11H2,(H2,18,19,20,22). The van der Waals surface area contributed by atoms with Crippen LogP contribution in [0.15, 0.2) is 60.3 Å². The fraction of sp³-hybridized carbons (Fsp3) is 0.0588. The SMILES string of the molecule is O=C1NC(=S)NC1=Cc1cccc(OCc2ccccc2)c1. The third-order valence-corrected chi connectivity index (χ3v) is 3.34. The topological polar surface area (TPSA) is 50.4 Å². The Kier molecular flexibility index (Phi) is 4.16. The highest BCUT2D eigenvalue weighted by Gasteiger charge is 2.19. The van der Waals surface area contributed by atoms with E-state index in [1.54, 1.807) is 6.08 Å². The van der Waals surface area contributed by atoms with Crippen molar-refractivity contribution in [2.75, 3.05) is 0 Å². The van der Waals surface area contributed by atoms with Gasteiger partial charge in [0, 0.05) is 0 Å². The lowest BCUT2D eigenvalue weighted by Gasteiger charge is -2.07. The van der Waals surface area contributed by atoms with Gasteiger partial charge < -0.3 is 10.1 Å². The van der Waals surface area contributed by atoms with Gasteiger partial charge in [0.2, 0.25) is 0 Å². The van der Waals surface area contributed by atoms with E-state index in [0.29, 0.717) is 17.4 Å². The molecule has 1 aliphatic heterocycles. The summed E-state index contributed by atoms with van der Waals surface area (Å²) in [5, 5.41) is 5.68. The van der Waals surface area contributed by atoms with E-state index in [4.69, 9.17) is 17.0 Å². The molecule has 0 bridgehead atoms. The Balaban J connectivity index is 1.71. The molecular formula is C17H14N2O2S. The highest BCUT2D eigenvalue weighted by molar-refractivity contribution is 7.80.